The van der Waals surface area contributed by atoms with E-state index in [1.165, 1.54) is 16.7 Å². The number of likely N-dealkylation sites (tertiary alicyclic amines) is 1. The maximum Gasteiger partial charge on any atom is 0.274 e. The molecule has 1 aromatic carbocycles. The van der Waals surface area contributed by atoms with Crippen molar-refractivity contribution in [2.24, 2.45) is 11.3 Å². The Hall–Kier alpha value is -5.18. The number of hydrogen-bond donors (Lipinski definition) is 2. The molecule has 3 amide bonds. The number of hydrogen-bond acceptors (Lipinski definition) is 9. The number of piperidine rings is 2. The van der Waals surface area contributed by atoms with Crippen LogP contribution in [-0.2, 0) is 9.59 Å². The third kappa shape index (κ3) is 7.60. The summed E-state index contributed by atoms with van der Waals surface area (Å²) in [5.41, 5.74) is 1.47. The topological polar surface area (TPSA) is 144 Å². The first-order valence-electron chi connectivity index (χ1n) is 20.7. The fraction of sp³-hybridized carbons (Fsp3) is 0.535. The highest BCUT2D eigenvalue weighted by molar-refractivity contribution is 6.08. The minimum atomic E-state index is -1.05. The number of alkyl halides is 1. The number of fused-ring (bicyclic) bond motifs is 1. The van der Waals surface area contributed by atoms with E-state index in [1.807, 2.05) is 29.6 Å². The number of imide groups is 1. The monoisotopic (exact) mass is 796 g/mol. The van der Waals surface area contributed by atoms with Crippen LogP contribution in [0.4, 0.5) is 20.3 Å². The van der Waals surface area contributed by atoms with Crippen LogP contribution in [0.15, 0.2) is 53.7 Å². The second-order valence-corrected chi connectivity index (χ2v) is 17.5. The molecule has 2 aliphatic carbocycles. The standard InChI is InChI=1S/C43H50F2N8O5/c1-25(2)58-37-19-35-28(16-31(37)41(56)47-34-4-3-13-52(42(34)57)36-18-32(36)44)22-53(49-35)29-7-5-26(6-8-29)21-50-23-43(24-50)11-14-51(15-12-43)39-33(45)17-27(20-46-39)30-9-10-38(54)48-40(30)55/h3-4,13,16-17,19-20,22,25-26,29-30,32,36H,5-12,14-15,18,21,23-24H2,1-2H3,(H,47,56)(H,48,54,55)/t26?,29?,30?,32-,36+/m1/s1. The zero-order chi connectivity index (χ0) is 40.3. The molecular weight excluding hydrogens is 747 g/mol. The number of nitrogens with one attached hydrogen (secondary N) is 2. The summed E-state index contributed by atoms with van der Waals surface area (Å²) in [6.07, 6.45) is 11.0. The molecule has 4 aromatic rings. The Balaban J connectivity index is 0.775. The van der Waals surface area contributed by atoms with Gasteiger partial charge < -0.3 is 24.4 Å². The van der Waals surface area contributed by atoms with E-state index in [4.69, 9.17) is 9.84 Å². The van der Waals surface area contributed by atoms with Crippen molar-refractivity contribution in [2.45, 2.75) is 102 Å². The molecule has 3 atom stereocenters. The molecule has 6 heterocycles. The lowest BCUT2D eigenvalue weighted by molar-refractivity contribution is -0.134. The number of nitrogens with zero attached hydrogens (tertiary/aromatic N) is 6. The molecule has 3 aliphatic heterocycles. The fourth-order valence-corrected chi connectivity index (χ4v) is 9.66. The van der Waals surface area contributed by atoms with Gasteiger partial charge in [0.1, 0.15) is 17.6 Å². The summed E-state index contributed by atoms with van der Waals surface area (Å²) < 4.78 is 38.4. The van der Waals surface area contributed by atoms with E-state index >= 15 is 4.39 Å². The lowest BCUT2D eigenvalue weighted by atomic mass is 9.71. The van der Waals surface area contributed by atoms with Crippen molar-refractivity contribution in [3.05, 3.63) is 76.2 Å². The van der Waals surface area contributed by atoms with Crippen LogP contribution in [0.5, 0.6) is 5.75 Å². The molecule has 0 bridgehead atoms. The van der Waals surface area contributed by atoms with Gasteiger partial charge in [-0.15, -0.1) is 0 Å². The molecule has 0 radical (unpaired) electrons. The number of amides is 3. The molecule has 9 rings (SSSR count). The first-order chi connectivity index (χ1) is 27.9. The van der Waals surface area contributed by atoms with Gasteiger partial charge in [-0.1, -0.05) is 0 Å². The van der Waals surface area contributed by atoms with E-state index in [2.05, 4.69) is 20.5 Å². The second-order valence-electron chi connectivity index (χ2n) is 17.5. The number of pyridine rings is 2. The van der Waals surface area contributed by atoms with Crippen LogP contribution in [0.3, 0.4) is 0 Å². The van der Waals surface area contributed by atoms with E-state index in [0.717, 1.165) is 82.2 Å². The zero-order valence-electron chi connectivity index (χ0n) is 33.0. The van der Waals surface area contributed by atoms with Crippen molar-refractivity contribution >= 4 is 40.1 Å². The molecule has 3 aromatic heterocycles. The molecule has 1 unspecified atom stereocenters. The van der Waals surface area contributed by atoms with Gasteiger partial charge in [0.05, 0.1) is 35.2 Å². The van der Waals surface area contributed by atoms with E-state index in [-0.39, 0.29) is 35.6 Å². The van der Waals surface area contributed by atoms with Gasteiger partial charge >= 0.3 is 0 Å². The number of ether oxygens (including phenoxy) is 1. The number of anilines is 2. The summed E-state index contributed by atoms with van der Waals surface area (Å²) in [5, 5.41) is 10.8. The SMILES string of the molecule is CC(C)Oc1cc2nn(C3CCC(CN4CC5(CCN(c6ncc(C7CCC(=O)NC7=O)cc6F)CC5)C4)CC3)cc2cc1C(=O)Nc1cccn([C@H]2C[C@H]2F)c1=O. The van der Waals surface area contributed by atoms with E-state index in [9.17, 15) is 23.6 Å². The Morgan fingerprint density at radius 2 is 1.83 bits per heavy atom. The first kappa shape index (κ1) is 38.3. The minimum absolute atomic E-state index is 0.0929. The summed E-state index contributed by atoms with van der Waals surface area (Å²) in [6, 6.07) is 7.91. The predicted octanol–water partition coefficient (Wildman–Crippen LogP) is 5.91. The van der Waals surface area contributed by atoms with Crippen LogP contribution in [0.25, 0.3) is 10.9 Å². The largest absolute Gasteiger partial charge is 0.490 e. The van der Waals surface area contributed by atoms with Gasteiger partial charge in [-0.2, -0.15) is 5.10 Å². The molecule has 13 nitrogen and oxygen atoms in total. The number of rotatable bonds is 10. The second kappa shape index (κ2) is 15.2. The number of carbonyl (C=O) groups excluding carboxylic acids is 3. The summed E-state index contributed by atoms with van der Waals surface area (Å²) in [5.74, 6) is -0.802. The van der Waals surface area contributed by atoms with Gasteiger partial charge in [-0.05, 0) is 100.0 Å². The summed E-state index contributed by atoms with van der Waals surface area (Å²) in [7, 11) is 0. The van der Waals surface area contributed by atoms with Gasteiger partial charge in [0.15, 0.2) is 11.6 Å². The smallest absolute Gasteiger partial charge is 0.274 e. The molecular formula is C43H50F2N8O5. The number of carbonyl (C=O) groups is 3. The number of benzene rings is 1. The van der Waals surface area contributed by atoms with Crippen molar-refractivity contribution < 1.29 is 27.9 Å². The Morgan fingerprint density at radius 3 is 2.52 bits per heavy atom. The van der Waals surface area contributed by atoms with Crippen molar-refractivity contribution in [1.29, 1.82) is 0 Å². The van der Waals surface area contributed by atoms with Crippen LogP contribution in [0.1, 0.15) is 106 Å². The molecule has 2 N–H and O–H groups in total. The molecule has 3 saturated heterocycles. The molecule has 2 saturated carbocycles. The summed E-state index contributed by atoms with van der Waals surface area (Å²) in [4.78, 5) is 59.5. The minimum Gasteiger partial charge on any atom is -0.490 e. The molecule has 1 spiro atoms. The summed E-state index contributed by atoms with van der Waals surface area (Å²) in [6.45, 7) is 8.46. The molecule has 5 fully saturated rings. The Morgan fingerprint density at radius 1 is 1.07 bits per heavy atom. The first-order valence-corrected chi connectivity index (χ1v) is 20.7. The number of aromatic nitrogens is 4. The quantitative estimate of drug-likeness (QED) is 0.187. The van der Waals surface area contributed by atoms with Gasteiger partial charge in [-0.25, -0.2) is 13.8 Å². The lowest BCUT2D eigenvalue weighted by Gasteiger charge is -2.55. The predicted molar refractivity (Wildman–Crippen MR) is 213 cm³/mol. The van der Waals surface area contributed by atoms with Crippen molar-refractivity contribution in [3.63, 3.8) is 0 Å². The average Bonchev–Trinajstić information content (AvgIpc) is 3.76. The highest BCUT2D eigenvalue weighted by atomic mass is 19.1. The van der Waals surface area contributed by atoms with Crippen molar-refractivity contribution in [3.8, 4) is 5.75 Å². The van der Waals surface area contributed by atoms with Crippen molar-refractivity contribution in [1.82, 2.24) is 29.5 Å². The van der Waals surface area contributed by atoms with Crippen LogP contribution in [0, 0.1) is 17.2 Å². The maximum absolute atomic E-state index is 15.3. The molecule has 15 heteroatoms. The van der Waals surface area contributed by atoms with Gasteiger partial charge in [0.25, 0.3) is 11.5 Å². The highest BCUT2D eigenvalue weighted by Crippen LogP contribution is 2.44. The zero-order valence-corrected chi connectivity index (χ0v) is 33.0. The van der Waals surface area contributed by atoms with Gasteiger partial charge in [-0.3, -0.25) is 29.2 Å². The van der Waals surface area contributed by atoms with Crippen LogP contribution in [0.2, 0.25) is 0 Å². The van der Waals surface area contributed by atoms with Crippen LogP contribution >= 0.6 is 0 Å². The maximum atomic E-state index is 15.3. The number of halogens is 2. The third-order valence-electron chi connectivity index (χ3n) is 12.9. The van der Waals surface area contributed by atoms with Crippen molar-refractivity contribution in [2.75, 3.05) is 42.9 Å². The Bertz CT molecular complexity index is 2300. The summed E-state index contributed by atoms with van der Waals surface area (Å²) >= 11 is 0. The third-order valence-corrected chi connectivity index (χ3v) is 12.9. The molecule has 306 valence electrons. The highest BCUT2D eigenvalue weighted by Gasteiger charge is 2.46. The van der Waals surface area contributed by atoms with Gasteiger partial charge in [0, 0.05) is 75.6 Å². The Labute approximate surface area is 335 Å². The van der Waals surface area contributed by atoms with Crippen LogP contribution < -0.4 is 25.8 Å². The van der Waals surface area contributed by atoms with Gasteiger partial charge in [0.2, 0.25) is 11.8 Å². The van der Waals surface area contributed by atoms with E-state index in [1.54, 1.807) is 30.6 Å². The normalized spacial score (nSPS) is 25.8. The van der Waals surface area contributed by atoms with E-state index < -0.39 is 41.3 Å². The van der Waals surface area contributed by atoms with E-state index in [0.29, 0.717) is 41.5 Å². The molecule has 58 heavy (non-hydrogen) atoms. The fourth-order valence-electron chi connectivity index (χ4n) is 9.66. The molecule has 5 aliphatic rings. The Kier molecular flexibility index (Phi) is 10.1. The van der Waals surface area contributed by atoms with Crippen LogP contribution in [-0.4, -0.2) is 87.0 Å². The lowest BCUT2D eigenvalue weighted by Crippen LogP contribution is -2.61. The average molecular weight is 797 g/mol.